The number of aromatic nitrogens is 3. The lowest BCUT2D eigenvalue weighted by Crippen LogP contribution is -2.13. The van der Waals surface area contributed by atoms with E-state index < -0.39 is 9.05 Å². The second-order valence-electron chi connectivity index (χ2n) is 4.28. The number of ether oxygens (including phenoxy) is 1. The van der Waals surface area contributed by atoms with E-state index in [1.807, 2.05) is 0 Å². The van der Waals surface area contributed by atoms with E-state index in [2.05, 4.69) is 10.2 Å². The van der Waals surface area contributed by atoms with Crippen LogP contribution >= 0.6 is 10.7 Å². The van der Waals surface area contributed by atoms with Gasteiger partial charge in [0.15, 0.2) is 0 Å². The fourth-order valence-corrected chi connectivity index (χ4v) is 2.76. The highest BCUT2D eigenvalue weighted by Gasteiger charge is 2.22. The molecule has 2 rings (SSSR count). The Balaban J connectivity index is 2.34. The lowest BCUT2D eigenvalue weighted by atomic mass is 10.1. The number of hydrogen-bond donors (Lipinski definition) is 0. The highest BCUT2D eigenvalue weighted by molar-refractivity contribution is 8.13. The molecule has 2 aromatic rings. The number of nitrogens with zero attached hydrogens (tertiary/aromatic N) is 3. The Bertz CT molecular complexity index is 716. The first kappa shape index (κ1) is 15.9. The van der Waals surface area contributed by atoms with Gasteiger partial charge in [-0.25, -0.2) is 12.8 Å². The largest absolute Gasteiger partial charge is 0.383 e. The van der Waals surface area contributed by atoms with Gasteiger partial charge in [-0.15, -0.1) is 10.2 Å². The first-order valence-electron chi connectivity index (χ1n) is 6.02. The molecule has 1 heterocycles. The molecule has 0 radical (unpaired) electrons. The van der Waals surface area contributed by atoms with Crippen molar-refractivity contribution >= 4 is 19.7 Å². The van der Waals surface area contributed by atoms with Gasteiger partial charge in [0.2, 0.25) is 0 Å². The molecule has 0 amide bonds. The minimum Gasteiger partial charge on any atom is -0.383 e. The van der Waals surface area contributed by atoms with Crippen LogP contribution in [-0.4, -0.2) is 36.9 Å². The average Bonchev–Trinajstić information content (AvgIpc) is 2.82. The molecule has 21 heavy (non-hydrogen) atoms. The lowest BCUT2D eigenvalue weighted by Gasteiger charge is -2.08. The third-order valence-corrected chi connectivity index (χ3v) is 3.96. The summed E-state index contributed by atoms with van der Waals surface area (Å²) in [7, 11) is 2.84. The van der Waals surface area contributed by atoms with Gasteiger partial charge in [-0.1, -0.05) is 12.1 Å². The van der Waals surface area contributed by atoms with Gasteiger partial charge in [0.1, 0.15) is 11.6 Å². The Morgan fingerprint density at radius 1 is 1.29 bits per heavy atom. The van der Waals surface area contributed by atoms with Crippen molar-refractivity contribution in [2.75, 3.05) is 13.7 Å². The molecule has 0 atom stereocenters. The van der Waals surface area contributed by atoms with Gasteiger partial charge in [-0.05, 0) is 17.7 Å². The summed E-state index contributed by atoms with van der Waals surface area (Å²) in [6.07, 6.45) is 0.309. The van der Waals surface area contributed by atoms with Gasteiger partial charge in [0.05, 0.1) is 6.61 Å². The summed E-state index contributed by atoms with van der Waals surface area (Å²) in [5.41, 5.74) is 0.779. The third kappa shape index (κ3) is 3.99. The van der Waals surface area contributed by atoms with Gasteiger partial charge >= 0.3 is 0 Å². The molecule has 0 bridgehead atoms. The van der Waals surface area contributed by atoms with Crippen LogP contribution in [0.2, 0.25) is 0 Å². The fourth-order valence-electron chi connectivity index (χ4n) is 1.82. The van der Waals surface area contributed by atoms with Gasteiger partial charge in [-0.2, -0.15) is 0 Å². The first-order valence-corrected chi connectivity index (χ1v) is 8.33. The van der Waals surface area contributed by atoms with Gasteiger partial charge in [0, 0.05) is 30.8 Å². The molecule has 0 spiro atoms. The first-order chi connectivity index (χ1) is 9.91. The Labute approximate surface area is 125 Å². The average molecular weight is 334 g/mol. The van der Waals surface area contributed by atoms with E-state index in [4.69, 9.17) is 15.4 Å². The maximum Gasteiger partial charge on any atom is 0.296 e. The van der Waals surface area contributed by atoms with E-state index in [-0.39, 0.29) is 24.1 Å². The zero-order valence-electron chi connectivity index (χ0n) is 11.2. The molecule has 0 aliphatic carbocycles. The number of methoxy groups -OCH3 is 1. The summed E-state index contributed by atoms with van der Waals surface area (Å²) in [5.74, 6) is 0.0708. The molecule has 114 valence electrons. The van der Waals surface area contributed by atoms with Crippen molar-refractivity contribution in [3.05, 3.63) is 41.5 Å². The second kappa shape index (κ2) is 6.50. The zero-order valence-corrected chi connectivity index (χ0v) is 12.7. The van der Waals surface area contributed by atoms with Gasteiger partial charge < -0.3 is 4.74 Å². The van der Waals surface area contributed by atoms with Crippen LogP contribution in [0.5, 0.6) is 0 Å². The molecule has 0 saturated carbocycles. The zero-order chi connectivity index (χ0) is 15.5. The van der Waals surface area contributed by atoms with Crippen LogP contribution in [0.25, 0.3) is 0 Å². The Hall–Kier alpha value is -1.51. The van der Waals surface area contributed by atoms with E-state index in [9.17, 15) is 12.8 Å². The van der Waals surface area contributed by atoms with Crippen molar-refractivity contribution in [2.45, 2.75) is 18.1 Å². The highest BCUT2D eigenvalue weighted by Crippen LogP contribution is 2.16. The highest BCUT2D eigenvalue weighted by atomic mass is 35.7. The second-order valence-corrected chi connectivity index (χ2v) is 6.74. The summed E-state index contributed by atoms with van der Waals surface area (Å²) in [6.45, 7) is 0.537. The van der Waals surface area contributed by atoms with E-state index in [0.29, 0.717) is 12.2 Å². The van der Waals surface area contributed by atoms with E-state index in [1.165, 1.54) is 23.8 Å². The Kier molecular flexibility index (Phi) is 4.92. The Morgan fingerprint density at radius 2 is 1.95 bits per heavy atom. The minimum absolute atomic E-state index is 0.251. The number of rotatable bonds is 6. The van der Waals surface area contributed by atoms with Crippen molar-refractivity contribution in [1.82, 2.24) is 14.8 Å². The fraction of sp³-hybridized carbons (Fsp3) is 0.333. The topological polar surface area (TPSA) is 74.1 Å². The van der Waals surface area contributed by atoms with Crippen molar-refractivity contribution in [2.24, 2.45) is 0 Å². The van der Waals surface area contributed by atoms with E-state index in [0.717, 1.165) is 5.56 Å². The third-order valence-electron chi connectivity index (χ3n) is 2.81. The molecule has 9 heteroatoms. The molecule has 1 aromatic heterocycles. The van der Waals surface area contributed by atoms with E-state index in [1.54, 1.807) is 12.1 Å². The predicted octanol–water partition coefficient (Wildman–Crippen LogP) is 1.58. The molecule has 0 N–H and O–H groups in total. The number of hydrogen-bond acceptors (Lipinski definition) is 5. The summed E-state index contributed by atoms with van der Waals surface area (Å²) in [4.78, 5) is 0. The number of benzene rings is 1. The predicted molar refractivity (Wildman–Crippen MR) is 74.1 cm³/mol. The standard InChI is InChI=1S/C12H13ClFN3O3S/c1-20-7-6-17-11(15-16-12(17)21(13,18)19)8-9-2-4-10(14)5-3-9/h2-5H,6-8H2,1H3. The smallest absolute Gasteiger partial charge is 0.296 e. The molecule has 1 aromatic carbocycles. The summed E-state index contributed by atoms with van der Waals surface area (Å²) < 4.78 is 42.2. The van der Waals surface area contributed by atoms with Crippen molar-refractivity contribution in [3.63, 3.8) is 0 Å². The monoisotopic (exact) mass is 333 g/mol. The van der Waals surface area contributed by atoms with Crippen LogP contribution in [0.4, 0.5) is 4.39 Å². The van der Waals surface area contributed by atoms with Crippen molar-refractivity contribution in [3.8, 4) is 0 Å². The van der Waals surface area contributed by atoms with Gasteiger partial charge in [0.25, 0.3) is 14.2 Å². The molecule has 0 aliphatic heterocycles. The Morgan fingerprint density at radius 3 is 2.52 bits per heavy atom. The number of halogens is 2. The minimum atomic E-state index is -4.00. The van der Waals surface area contributed by atoms with Crippen LogP contribution < -0.4 is 0 Å². The molecule has 0 saturated heterocycles. The molecule has 0 aliphatic rings. The van der Waals surface area contributed by atoms with Crippen LogP contribution in [0.1, 0.15) is 11.4 Å². The van der Waals surface area contributed by atoms with Crippen LogP contribution in [0.3, 0.4) is 0 Å². The molecule has 0 fully saturated rings. The maximum atomic E-state index is 12.9. The lowest BCUT2D eigenvalue weighted by molar-refractivity contribution is 0.183. The molecular formula is C12H13ClFN3O3S. The molecule has 6 nitrogen and oxygen atoms in total. The van der Waals surface area contributed by atoms with Crippen molar-refractivity contribution in [1.29, 1.82) is 0 Å². The van der Waals surface area contributed by atoms with Crippen LogP contribution in [0.15, 0.2) is 29.4 Å². The summed E-state index contributed by atoms with van der Waals surface area (Å²) in [6, 6.07) is 5.84. The summed E-state index contributed by atoms with van der Waals surface area (Å²) >= 11 is 0. The quantitative estimate of drug-likeness (QED) is 0.750. The van der Waals surface area contributed by atoms with E-state index >= 15 is 0 Å². The van der Waals surface area contributed by atoms with Crippen LogP contribution in [-0.2, 0) is 26.8 Å². The SMILES string of the molecule is COCCn1c(Cc2ccc(F)cc2)nnc1S(=O)(=O)Cl. The molecule has 0 unspecified atom stereocenters. The van der Waals surface area contributed by atoms with Crippen molar-refractivity contribution < 1.29 is 17.5 Å². The summed E-state index contributed by atoms with van der Waals surface area (Å²) in [5, 5.41) is 7.15. The maximum absolute atomic E-state index is 12.9. The van der Waals surface area contributed by atoms with Crippen LogP contribution in [0, 0.1) is 5.82 Å². The normalized spacial score (nSPS) is 11.8. The van der Waals surface area contributed by atoms with Gasteiger partial charge in [-0.3, -0.25) is 4.57 Å². The molecular weight excluding hydrogens is 321 g/mol.